The highest BCUT2D eigenvalue weighted by Crippen LogP contribution is 2.29. The van der Waals surface area contributed by atoms with Gasteiger partial charge in [0.1, 0.15) is 17.7 Å². The number of hydrogen-bond acceptors (Lipinski definition) is 12. The molecule has 2 aliphatic heterocycles. The van der Waals surface area contributed by atoms with Crippen molar-refractivity contribution in [2.45, 2.75) is 25.2 Å². The molecule has 0 aliphatic carbocycles. The summed E-state index contributed by atoms with van der Waals surface area (Å²) >= 11 is 0. The predicted octanol–water partition coefficient (Wildman–Crippen LogP) is 1.31. The zero-order valence-corrected chi connectivity index (χ0v) is 22.7. The van der Waals surface area contributed by atoms with Crippen molar-refractivity contribution in [2.24, 2.45) is 0 Å². The first-order chi connectivity index (χ1) is 19.9. The first kappa shape index (κ1) is 26.9. The molecule has 0 amide bonds. The van der Waals surface area contributed by atoms with Crippen LogP contribution in [-0.4, -0.2) is 91.8 Å². The molecule has 2 saturated heterocycles. The lowest BCUT2D eigenvalue weighted by Crippen LogP contribution is -2.47. The number of piperazine rings is 1. The zero-order valence-electron chi connectivity index (χ0n) is 22.7. The topological polar surface area (TPSA) is 142 Å². The summed E-state index contributed by atoms with van der Waals surface area (Å²) < 4.78 is 20.9. The highest BCUT2D eigenvalue weighted by atomic mass is 19.1. The minimum Gasteiger partial charge on any atom is -0.381 e. The van der Waals surface area contributed by atoms with E-state index >= 15 is 0 Å². The van der Waals surface area contributed by atoms with Crippen LogP contribution in [0.1, 0.15) is 18.1 Å². The van der Waals surface area contributed by atoms with Gasteiger partial charge in [-0.25, -0.2) is 24.3 Å². The first-order valence-electron chi connectivity index (χ1n) is 13.6. The number of morpholine rings is 1. The van der Waals surface area contributed by atoms with Crippen molar-refractivity contribution in [3.63, 3.8) is 0 Å². The number of aliphatic hydroxyl groups is 1. The summed E-state index contributed by atoms with van der Waals surface area (Å²) in [4.78, 5) is 26.4. The van der Waals surface area contributed by atoms with Crippen molar-refractivity contribution in [3.05, 3.63) is 72.3 Å². The van der Waals surface area contributed by atoms with Gasteiger partial charge in [0.15, 0.2) is 0 Å². The van der Waals surface area contributed by atoms with E-state index in [0.717, 1.165) is 18.8 Å². The van der Waals surface area contributed by atoms with Crippen LogP contribution >= 0.6 is 0 Å². The molecule has 3 N–H and O–H groups in total. The maximum atomic E-state index is 13.3. The summed E-state index contributed by atoms with van der Waals surface area (Å²) in [6.07, 6.45) is 8.47. The van der Waals surface area contributed by atoms with Gasteiger partial charge in [-0.05, 0) is 24.6 Å². The molecule has 0 radical (unpaired) electrons. The standard InChI is InChI=1S/C27H32FN11O2/c1-27(40,19-2-4-21(28)5-3-19)20-12-30-25(31-13-20)37-7-9-38(10-8-37)26-33-18-32-24(36-26)35-22-14-34-39(16-22)17-23-15-29-6-11-41-23/h2-5,12-14,16,18,23,29,40H,6-11,15,17H2,1H3,(H,32,33,35,36)/t23-,27-/m0/s1. The van der Waals surface area contributed by atoms with Crippen molar-refractivity contribution < 1.29 is 14.2 Å². The minimum absolute atomic E-state index is 0.0959. The van der Waals surface area contributed by atoms with Gasteiger partial charge in [0.25, 0.3) is 0 Å². The molecule has 2 fully saturated rings. The lowest BCUT2D eigenvalue weighted by molar-refractivity contribution is 0.0161. The number of hydrogen-bond donors (Lipinski definition) is 3. The molecule has 41 heavy (non-hydrogen) atoms. The summed E-state index contributed by atoms with van der Waals surface area (Å²) in [7, 11) is 0. The maximum absolute atomic E-state index is 13.3. The molecule has 1 aromatic carbocycles. The Bertz CT molecular complexity index is 1430. The van der Waals surface area contributed by atoms with E-state index in [1.54, 1.807) is 37.6 Å². The van der Waals surface area contributed by atoms with E-state index < -0.39 is 5.60 Å². The molecule has 0 spiro atoms. The fourth-order valence-electron chi connectivity index (χ4n) is 4.89. The number of nitrogens with one attached hydrogen (secondary N) is 2. The molecule has 0 bridgehead atoms. The van der Waals surface area contributed by atoms with E-state index in [0.29, 0.717) is 68.3 Å². The number of benzene rings is 1. The molecule has 6 rings (SSSR count). The Morgan fingerprint density at radius 3 is 2.44 bits per heavy atom. The van der Waals surface area contributed by atoms with Gasteiger partial charge >= 0.3 is 0 Å². The van der Waals surface area contributed by atoms with E-state index in [4.69, 9.17) is 4.74 Å². The summed E-state index contributed by atoms with van der Waals surface area (Å²) in [6.45, 7) is 7.41. The molecule has 2 atom stereocenters. The summed E-state index contributed by atoms with van der Waals surface area (Å²) in [5.41, 5.74) is 0.543. The molecular formula is C27H32FN11O2. The van der Waals surface area contributed by atoms with Gasteiger partial charge in [0, 0.05) is 63.4 Å². The third kappa shape index (κ3) is 6.24. The molecular weight excluding hydrogens is 529 g/mol. The van der Waals surface area contributed by atoms with Crippen molar-refractivity contribution in [2.75, 3.05) is 61.0 Å². The van der Waals surface area contributed by atoms with Crippen molar-refractivity contribution in [1.82, 2.24) is 40.0 Å². The van der Waals surface area contributed by atoms with Crippen LogP contribution in [0.4, 0.5) is 27.9 Å². The molecule has 14 heteroatoms. The Labute approximate surface area is 236 Å². The number of halogens is 1. The first-order valence-corrected chi connectivity index (χ1v) is 13.6. The summed E-state index contributed by atoms with van der Waals surface area (Å²) in [5.74, 6) is 1.25. The second-order valence-corrected chi connectivity index (χ2v) is 10.2. The second-order valence-electron chi connectivity index (χ2n) is 10.2. The lowest BCUT2D eigenvalue weighted by Gasteiger charge is -2.34. The number of rotatable bonds is 8. The smallest absolute Gasteiger partial charge is 0.232 e. The van der Waals surface area contributed by atoms with E-state index in [-0.39, 0.29) is 11.9 Å². The van der Waals surface area contributed by atoms with Crippen LogP contribution in [0.3, 0.4) is 0 Å². The third-order valence-electron chi connectivity index (χ3n) is 7.30. The Balaban J connectivity index is 1.04. The Hall–Kier alpha value is -4.27. The average molecular weight is 562 g/mol. The highest BCUT2D eigenvalue weighted by molar-refractivity contribution is 5.51. The Morgan fingerprint density at radius 2 is 1.73 bits per heavy atom. The molecule has 13 nitrogen and oxygen atoms in total. The Kier molecular flexibility index (Phi) is 7.67. The van der Waals surface area contributed by atoms with Crippen LogP contribution in [-0.2, 0) is 16.9 Å². The molecule has 0 unspecified atom stereocenters. The maximum Gasteiger partial charge on any atom is 0.232 e. The number of anilines is 4. The van der Waals surface area contributed by atoms with Crippen LogP contribution < -0.4 is 20.4 Å². The highest BCUT2D eigenvalue weighted by Gasteiger charge is 2.28. The molecule has 0 saturated carbocycles. The van der Waals surface area contributed by atoms with Crippen LogP contribution in [0.25, 0.3) is 0 Å². The number of ether oxygens (including phenoxy) is 1. The molecule has 4 aromatic rings. The third-order valence-corrected chi connectivity index (χ3v) is 7.30. The SMILES string of the molecule is C[C@](O)(c1ccc(F)cc1)c1cnc(N2CCN(c3ncnc(Nc4cnn(C[C@@H]5CNCCO5)c4)n3)CC2)nc1. The van der Waals surface area contributed by atoms with E-state index in [1.165, 1.54) is 18.5 Å². The summed E-state index contributed by atoms with van der Waals surface area (Å²) in [6, 6.07) is 5.76. The lowest BCUT2D eigenvalue weighted by atomic mass is 9.90. The normalized spacial score (nSPS) is 19.1. The van der Waals surface area contributed by atoms with Crippen molar-refractivity contribution >= 4 is 23.5 Å². The van der Waals surface area contributed by atoms with Crippen LogP contribution in [0.2, 0.25) is 0 Å². The van der Waals surface area contributed by atoms with Crippen LogP contribution in [0, 0.1) is 5.82 Å². The van der Waals surface area contributed by atoms with Gasteiger partial charge in [-0.2, -0.15) is 10.1 Å². The fourth-order valence-corrected chi connectivity index (χ4v) is 4.89. The van der Waals surface area contributed by atoms with Crippen molar-refractivity contribution in [3.8, 4) is 0 Å². The number of nitrogens with zero attached hydrogens (tertiary/aromatic N) is 9. The van der Waals surface area contributed by atoms with E-state index in [9.17, 15) is 9.50 Å². The average Bonchev–Trinajstić information content (AvgIpc) is 3.44. The Morgan fingerprint density at radius 1 is 1.00 bits per heavy atom. The van der Waals surface area contributed by atoms with Gasteiger partial charge in [0.2, 0.25) is 17.8 Å². The molecule has 3 aromatic heterocycles. The van der Waals surface area contributed by atoms with Crippen molar-refractivity contribution in [1.29, 1.82) is 0 Å². The molecule has 5 heterocycles. The monoisotopic (exact) mass is 561 g/mol. The van der Waals surface area contributed by atoms with E-state index in [1.807, 2.05) is 10.9 Å². The summed E-state index contributed by atoms with van der Waals surface area (Å²) in [5, 5.41) is 22.0. The zero-order chi connectivity index (χ0) is 28.2. The predicted molar refractivity (Wildman–Crippen MR) is 149 cm³/mol. The van der Waals surface area contributed by atoms with Gasteiger partial charge in [-0.3, -0.25) is 4.68 Å². The fraction of sp³-hybridized carbons (Fsp3) is 0.407. The molecule has 214 valence electrons. The quantitative estimate of drug-likeness (QED) is 0.285. The van der Waals surface area contributed by atoms with Crippen LogP contribution in [0.5, 0.6) is 0 Å². The van der Waals surface area contributed by atoms with Crippen LogP contribution in [0.15, 0.2) is 55.4 Å². The van der Waals surface area contributed by atoms with Gasteiger partial charge < -0.3 is 30.3 Å². The van der Waals surface area contributed by atoms with E-state index in [2.05, 4.69) is 50.5 Å². The second kappa shape index (κ2) is 11.7. The largest absolute Gasteiger partial charge is 0.381 e. The van der Waals surface area contributed by atoms with Gasteiger partial charge in [-0.15, -0.1) is 0 Å². The molecule has 2 aliphatic rings. The van der Waals surface area contributed by atoms with Gasteiger partial charge in [-0.1, -0.05) is 12.1 Å². The minimum atomic E-state index is -1.34. The van der Waals surface area contributed by atoms with Gasteiger partial charge in [0.05, 0.1) is 31.1 Å². The number of aromatic nitrogens is 7.